The zero-order valence-electron chi connectivity index (χ0n) is 13.6. The van der Waals surface area contributed by atoms with E-state index in [1.807, 2.05) is 6.07 Å². The van der Waals surface area contributed by atoms with Crippen LogP contribution >= 0.6 is 0 Å². The highest BCUT2D eigenvalue weighted by molar-refractivity contribution is 5.39. The largest absolute Gasteiger partial charge is 0.328 e. The molecule has 0 saturated heterocycles. The predicted molar refractivity (Wildman–Crippen MR) is 92.0 cm³/mol. The summed E-state index contributed by atoms with van der Waals surface area (Å²) in [5.74, 6) is -0.729. The van der Waals surface area contributed by atoms with Gasteiger partial charge in [-0.1, -0.05) is 30.3 Å². The van der Waals surface area contributed by atoms with E-state index in [0.29, 0.717) is 5.56 Å². The van der Waals surface area contributed by atoms with Gasteiger partial charge in [-0.3, -0.25) is 19.6 Å². The average Bonchev–Trinajstić information content (AvgIpc) is 2.58. The van der Waals surface area contributed by atoms with E-state index in [9.17, 15) is 19.2 Å². The SMILES string of the molecule is Cn1cc(C(c2ccccc2)c2cn(C)c(=O)[nH]c2=O)c(=O)[nH]c1=O. The summed E-state index contributed by atoms with van der Waals surface area (Å²) >= 11 is 0. The van der Waals surface area contributed by atoms with E-state index in [1.54, 1.807) is 24.3 Å². The molecule has 8 heteroatoms. The smallest absolute Gasteiger partial charge is 0.303 e. The van der Waals surface area contributed by atoms with Gasteiger partial charge in [0, 0.05) is 43.5 Å². The molecule has 0 aliphatic rings. The molecule has 0 atom stereocenters. The van der Waals surface area contributed by atoms with Gasteiger partial charge in [-0.15, -0.1) is 0 Å². The zero-order chi connectivity index (χ0) is 18.1. The van der Waals surface area contributed by atoms with Gasteiger partial charge < -0.3 is 9.13 Å². The summed E-state index contributed by atoms with van der Waals surface area (Å²) < 4.78 is 2.48. The van der Waals surface area contributed by atoms with Crippen molar-refractivity contribution in [2.75, 3.05) is 0 Å². The maximum atomic E-state index is 12.4. The van der Waals surface area contributed by atoms with Gasteiger partial charge in [0.05, 0.1) is 0 Å². The van der Waals surface area contributed by atoms with Gasteiger partial charge in [0.1, 0.15) is 0 Å². The van der Waals surface area contributed by atoms with E-state index >= 15 is 0 Å². The van der Waals surface area contributed by atoms with Gasteiger partial charge in [-0.2, -0.15) is 0 Å². The number of benzene rings is 1. The molecule has 2 heterocycles. The van der Waals surface area contributed by atoms with Crippen molar-refractivity contribution in [3.05, 3.63) is 101 Å². The van der Waals surface area contributed by atoms with Crippen molar-refractivity contribution in [1.29, 1.82) is 0 Å². The molecule has 0 saturated carbocycles. The Labute approximate surface area is 141 Å². The summed E-state index contributed by atoms with van der Waals surface area (Å²) in [7, 11) is 3.02. The summed E-state index contributed by atoms with van der Waals surface area (Å²) in [4.78, 5) is 52.6. The van der Waals surface area contributed by atoms with E-state index < -0.39 is 28.4 Å². The number of aryl methyl sites for hydroxylation is 2. The first-order chi connectivity index (χ1) is 11.9. The van der Waals surface area contributed by atoms with E-state index in [2.05, 4.69) is 9.97 Å². The van der Waals surface area contributed by atoms with Gasteiger partial charge >= 0.3 is 11.4 Å². The number of aromatic nitrogens is 4. The third kappa shape index (κ3) is 3.01. The van der Waals surface area contributed by atoms with Crippen molar-refractivity contribution in [2.24, 2.45) is 14.1 Å². The van der Waals surface area contributed by atoms with Crippen LogP contribution in [0.3, 0.4) is 0 Å². The molecule has 0 amide bonds. The van der Waals surface area contributed by atoms with Crippen LogP contribution in [0, 0.1) is 0 Å². The fraction of sp³-hybridized carbons (Fsp3) is 0.176. The van der Waals surface area contributed by atoms with Crippen molar-refractivity contribution >= 4 is 0 Å². The standard InChI is InChI=1S/C17H16N4O4/c1-20-8-11(14(22)18-16(20)24)13(10-6-4-3-5-7-10)12-9-21(2)17(25)19-15(12)23/h3-9,13H,1-2H3,(H,18,22,24)(H,19,23,25). The third-order valence-corrected chi connectivity index (χ3v) is 4.03. The summed E-state index contributed by atoms with van der Waals surface area (Å²) in [5.41, 5.74) is -1.09. The Hall–Kier alpha value is -3.42. The van der Waals surface area contributed by atoms with Crippen LogP contribution in [0.15, 0.2) is 61.9 Å². The van der Waals surface area contributed by atoms with Gasteiger partial charge in [-0.05, 0) is 5.56 Å². The molecule has 0 fully saturated rings. The first-order valence-corrected chi connectivity index (χ1v) is 7.53. The summed E-state index contributed by atoms with van der Waals surface area (Å²) in [6.45, 7) is 0. The molecule has 3 rings (SSSR count). The van der Waals surface area contributed by atoms with Gasteiger partial charge in [0.15, 0.2) is 0 Å². The van der Waals surface area contributed by atoms with Crippen LogP contribution in [0.4, 0.5) is 0 Å². The number of aromatic amines is 2. The molecule has 1 aromatic carbocycles. The molecule has 0 unspecified atom stereocenters. The molecule has 0 aliphatic carbocycles. The monoisotopic (exact) mass is 340 g/mol. The Morgan fingerprint density at radius 3 is 1.64 bits per heavy atom. The lowest BCUT2D eigenvalue weighted by atomic mass is 9.88. The molecular weight excluding hydrogens is 324 g/mol. The zero-order valence-corrected chi connectivity index (χ0v) is 13.6. The lowest BCUT2D eigenvalue weighted by Gasteiger charge is -2.18. The van der Waals surface area contributed by atoms with Gasteiger partial charge in [0.2, 0.25) is 0 Å². The summed E-state index contributed by atoms with van der Waals surface area (Å²) in [6.07, 6.45) is 2.81. The van der Waals surface area contributed by atoms with Crippen molar-refractivity contribution in [1.82, 2.24) is 19.1 Å². The van der Waals surface area contributed by atoms with Crippen LogP contribution in [0.25, 0.3) is 0 Å². The normalized spacial score (nSPS) is 11.0. The first-order valence-electron chi connectivity index (χ1n) is 7.53. The van der Waals surface area contributed by atoms with Crippen molar-refractivity contribution in [2.45, 2.75) is 5.92 Å². The minimum Gasteiger partial charge on any atom is -0.303 e. The molecule has 2 N–H and O–H groups in total. The third-order valence-electron chi connectivity index (χ3n) is 4.03. The number of H-pyrrole nitrogens is 2. The van der Waals surface area contributed by atoms with Crippen LogP contribution in [-0.4, -0.2) is 19.1 Å². The second-order valence-electron chi connectivity index (χ2n) is 5.75. The fourth-order valence-electron chi connectivity index (χ4n) is 2.75. The highest BCUT2D eigenvalue weighted by Crippen LogP contribution is 2.26. The Morgan fingerprint density at radius 2 is 1.20 bits per heavy atom. The second kappa shape index (κ2) is 6.23. The van der Waals surface area contributed by atoms with Crippen LogP contribution in [0.5, 0.6) is 0 Å². The Morgan fingerprint density at radius 1 is 0.760 bits per heavy atom. The van der Waals surface area contributed by atoms with Crippen molar-refractivity contribution in [3.8, 4) is 0 Å². The molecule has 3 aromatic rings. The van der Waals surface area contributed by atoms with Crippen LogP contribution < -0.4 is 22.5 Å². The van der Waals surface area contributed by atoms with Gasteiger partial charge in [-0.25, -0.2) is 9.59 Å². The van der Waals surface area contributed by atoms with Crippen LogP contribution in [0.1, 0.15) is 22.6 Å². The topological polar surface area (TPSA) is 110 Å². The molecule has 0 bridgehead atoms. The van der Waals surface area contributed by atoms with Crippen LogP contribution in [0.2, 0.25) is 0 Å². The lowest BCUT2D eigenvalue weighted by Crippen LogP contribution is -2.35. The lowest BCUT2D eigenvalue weighted by molar-refractivity contribution is 0.739. The molecule has 8 nitrogen and oxygen atoms in total. The molecule has 128 valence electrons. The van der Waals surface area contributed by atoms with Crippen molar-refractivity contribution < 1.29 is 0 Å². The molecule has 0 aliphatic heterocycles. The maximum Gasteiger partial charge on any atom is 0.328 e. The minimum absolute atomic E-state index is 0.234. The Balaban J connectivity index is 2.37. The predicted octanol–water partition coefficient (Wildman–Crippen LogP) is -0.359. The second-order valence-corrected chi connectivity index (χ2v) is 5.75. The quantitative estimate of drug-likeness (QED) is 0.678. The molecule has 0 radical (unpaired) electrons. The molecular formula is C17H16N4O4. The summed E-state index contributed by atoms with van der Waals surface area (Å²) in [6, 6.07) is 8.94. The molecule has 0 spiro atoms. The number of hydrogen-bond acceptors (Lipinski definition) is 4. The van der Waals surface area contributed by atoms with E-state index in [4.69, 9.17) is 0 Å². The molecule has 2 aromatic heterocycles. The number of nitrogens with one attached hydrogen (secondary N) is 2. The van der Waals surface area contributed by atoms with Crippen molar-refractivity contribution in [3.63, 3.8) is 0 Å². The van der Waals surface area contributed by atoms with Gasteiger partial charge in [0.25, 0.3) is 11.1 Å². The maximum absolute atomic E-state index is 12.4. The number of rotatable bonds is 3. The molecule has 25 heavy (non-hydrogen) atoms. The van der Waals surface area contributed by atoms with E-state index in [-0.39, 0.29) is 11.1 Å². The van der Waals surface area contributed by atoms with E-state index in [0.717, 1.165) is 0 Å². The van der Waals surface area contributed by atoms with Crippen LogP contribution in [-0.2, 0) is 14.1 Å². The first kappa shape index (κ1) is 16.4. The Bertz CT molecular complexity index is 1080. The highest BCUT2D eigenvalue weighted by Gasteiger charge is 2.24. The fourth-order valence-corrected chi connectivity index (χ4v) is 2.75. The number of nitrogens with zero attached hydrogens (tertiary/aromatic N) is 2. The Kier molecular flexibility index (Phi) is 4.10. The summed E-state index contributed by atoms with van der Waals surface area (Å²) in [5, 5.41) is 0. The highest BCUT2D eigenvalue weighted by atomic mass is 16.2. The minimum atomic E-state index is -0.729. The average molecular weight is 340 g/mol. The van der Waals surface area contributed by atoms with E-state index in [1.165, 1.54) is 35.6 Å². The number of hydrogen-bond donors (Lipinski definition) is 2.